The summed E-state index contributed by atoms with van der Waals surface area (Å²) in [6, 6.07) is 5.03. The van der Waals surface area contributed by atoms with Gasteiger partial charge >= 0.3 is 0 Å². The second-order valence-electron chi connectivity index (χ2n) is 8.01. The minimum absolute atomic E-state index is 0.693. The van der Waals surface area contributed by atoms with Crippen molar-refractivity contribution in [2.45, 2.75) is 57.8 Å². The van der Waals surface area contributed by atoms with E-state index in [-0.39, 0.29) is 0 Å². The normalized spacial score (nSPS) is 40.4. The van der Waals surface area contributed by atoms with Crippen molar-refractivity contribution >= 4 is 12.2 Å². The van der Waals surface area contributed by atoms with E-state index in [4.69, 9.17) is 0 Å². The largest absolute Gasteiger partial charge is 0.0594 e. The molecular weight excluding hydrogens is 240 g/mol. The van der Waals surface area contributed by atoms with E-state index in [1.165, 1.54) is 56.1 Å². The smallest absolute Gasteiger partial charge is 0.0127 e. The lowest BCUT2D eigenvalue weighted by Crippen LogP contribution is -2.39. The Hall–Kier alpha value is -1.04. The first-order chi connectivity index (χ1) is 9.74. The zero-order valence-corrected chi connectivity index (χ0v) is 12.5. The summed E-state index contributed by atoms with van der Waals surface area (Å²) >= 11 is 0. The van der Waals surface area contributed by atoms with E-state index in [1.54, 1.807) is 11.1 Å². The summed E-state index contributed by atoms with van der Waals surface area (Å²) in [5, 5.41) is 0. The van der Waals surface area contributed by atoms with Crippen LogP contribution in [-0.4, -0.2) is 0 Å². The zero-order chi connectivity index (χ0) is 13.3. The maximum Gasteiger partial charge on any atom is -0.0127 e. The maximum atomic E-state index is 2.59. The Morgan fingerprint density at radius 3 is 2.70 bits per heavy atom. The molecule has 0 radical (unpaired) electrons. The van der Waals surface area contributed by atoms with Crippen molar-refractivity contribution in [3.63, 3.8) is 0 Å². The highest BCUT2D eigenvalue weighted by molar-refractivity contribution is 5.86. The number of aryl methyl sites for hydroxylation is 1. The van der Waals surface area contributed by atoms with Crippen molar-refractivity contribution in [1.82, 2.24) is 0 Å². The van der Waals surface area contributed by atoms with Crippen molar-refractivity contribution in [2.24, 2.45) is 17.3 Å². The summed E-state index contributed by atoms with van der Waals surface area (Å²) in [6.07, 6.45) is 14.8. The van der Waals surface area contributed by atoms with E-state index in [1.807, 2.05) is 0 Å². The second kappa shape index (κ2) is 3.78. The molecule has 0 heteroatoms. The van der Waals surface area contributed by atoms with E-state index in [9.17, 15) is 0 Å². The molecule has 0 amide bonds. The second-order valence-corrected chi connectivity index (χ2v) is 8.01. The van der Waals surface area contributed by atoms with Crippen LogP contribution in [0.25, 0.3) is 12.2 Å². The number of benzene rings is 1. The van der Waals surface area contributed by atoms with Crippen LogP contribution < -0.4 is 0 Å². The van der Waals surface area contributed by atoms with Gasteiger partial charge in [0.05, 0.1) is 0 Å². The van der Waals surface area contributed by atoms with Crippen LogP contribution in [0, 0.1) is 17.3 Å². The molecule has 0 aliphatic heterocycles. The Morgan fingerprint density at radius 1 is 1.00 bits per heavy atom. The Morgan fingerprint density at radius 2 is 1.85 bits per heavy atom. The molecule has 0 nitrogen and oxygen atoms in total. The molecule has 4 atom stereocenters. The highest BCUT2D eigenvalue weighted by atomic mass is 14.5. The van der Waals surface area contributed by atoms with Gasteiger partial charge in [-0.1, -0.05) is 37.6 Å². The molecule has 0 bridgehead atoms. The van der Waals surface area contributed by atoms with Crippen molar-refractivity contribution < 1.29 is 0 Å². The summed E-state index contributed by atoms with van der Waals surface area (Å²) in [5.74, 6) is 2.90. The Bertz CT molecular complexity index is 609. The third-order valence-electron chi connectivity index (χ3n) is 7.15. The van der Waals surface area contributed by atoms with Crippen LogP contribution >= 0.6 is 0 Å². The lowest BCUT2D eigenvalue weighted by atomic mass is 9.55. The highest BCUT2D eigenvalue weighted by Crippen LogP contribution is 2.61. The SMILES string of the molecule is C[C@@]12CCC[C@H]1[C@@H]1CCc3cc4c(cc3[C@H]1CC2)C=C4. The van der Waals surface area contributed by atoms with Crippen molar-refractivity contribution in [1.29, 1.82) is 0 Å². The lowest BCUT2D eigenvalue weighted by molar-refractivity contribution is 0.0598. The van der Waals surface area contributed by atoms with Gasteiger partial charge in [0, 0.05) is 0 Å². The van der Waals surface area contributed by atoms with Crippen molar-refractivity contribution in [2.75, 3.05) is 0 Å². The third-order valence-corrected chi connectivity index (χ3v) is 7.15. The average Bonchev–Trinajstić information content (AvgIpc) is 2.82. The molecular formula is C20H24. The lowest BCUT2D eigenvalue weighted by Gasteiger charge is -2.49. The number of hydrogen-bond acceptors (Lipinski definition) is 0. The van der Waals surface area contributed by atoms with E-state index < -0.39 is 0 Å². The summed E-state index contributed by atoms with van der Waals surface area (Å²) in [4.78, 5) is 0. The summed E-state index contributed by atoms with van der Waals surface area (Å²) in [7, 11) is 0. The quantitative estimate of drug-likeness (QED) is 0.596. The first-order valence-electron chi connectivity index (χ1n) is 8.59. The van der Waals surface area contributed by atoms with Gasteiger partial charge in [-0.25, -0.2) is 0 Å². The van der Waals surface area contributed by atoms with Gasteiger partial charge in [-0.15, -0.1) is 0 Å². The summed E-state index contributed by atoms with van der Waals surface area (Å²) in [6.45, 7) is 2.59. The number of fused-ring (bicyclic) bond motifs is 6. The van der Waals surface area contributed by atoms with Crippen LogP contribution in [0.15, 0.2) is 12.1 Å². The molecule has 0 heterocycles. The number of hydrogen-bond donors (Lipinski definition) is 0. The predicted octanol–water partition coefficient (Wildman–Crippen LogP) is 5.42. The van der Waals surface area contributed by atoms with Gasteiger partial charge in [0.1, 0.15) is 0 Å². The molecule has 5 rings (SSSR count). The zero-order valence-electron chi connectivity index (χ0n) is 12.5. The summed E-state index contributed by atoms with van der Waals surface area (Å²) < 4.78 is 0. The molecule has 4 aliphatic carbocycles. The van der Waals surface area contributed by atoms with Gasteiger partial charge in [0.15, 0.2) is 0 Å². The molecule has 2 fully saturated rings. The van der Waals surface area contributed by atoms with Crippen LogP contribution in [0.4, 0.5) is 0 Å². The van der Waals surface area contributed by atoms with Gasteiger partial charge in [0.25, 0.3) is 0 Å². The third kappa shape index (κ3) is 1.38. The Labute approximate surface area is 122 Å². The van der Waals surface area contributed by atoms with Crippen LogP contribution in [-0.2, 0) is 6.42 Å². The molecule has 0 spiro atoms. The number of rotatable bonds is 0. The van der Waals surface area contributed by atoms with Crippen LogP contribution in [0.5, 0.6) is 0 Å². The maximum absolute atomic E-state index is 2.59. The topological polar surface area (TPSA) is 0 Å². The molecule has 0 aromatic heterocycles. The Balaban J connectivity index is 1.57. The molecule has 4 aliphatic rings. The van der Waals surface area contributed by atoms with E-state index in [0.717, 1.165) is 17.8 Å². The first kappa shape index (κ1) is 11.6. The van der Waals surface area contributed by atoms with Gasteiger partial charge in [-0.2, -0.15) is 0 Å². The first-order valence-corrected chi connectivity index (χ1v) is 8.59. The van der Waals surface area contributed by atoms with Gasteiger partial charge in [-0.05, 0) is 83.9 Å². The van der Waals surface area contributed by atoms with Crippen molar-refractivity contribution in [3.8, 4) is 0 Å². The molecule has 0 unspecified atom stereocenters. The summed E-state index contributed by atoms with van der Waals surface area (Å²) in [5.41, 5.74) is 7.10. The van der Waals surface area contributed by atoms with Gasteiger partial charge in [0.2, 0.25) is 0 Å². The molecule has 2 saturated carbocycles. The Kier molecular flexibility index (Phi) is 2.19. The minimum Gasteiger partial charge on any atom is -0.0594 e. The fraction of sp³-hybridized carbons (Fsp3) is 0.600. The fourth-order valence-corrected chi connectivity index (χ4v) is 6.02. The van der Waals surface area contributed by atoms with E-state index >= 15 is 0 Å². The van der Waals surface area contributed by atoms with Crippen LogP contribution in [0.1, 0.15) is 73.6 Å². The van der Waals surface area contributed by atoms with E-state index in [2.05, 4.69) is 31.2 Å². The average molecular weight is 264 g/mol. The molecule has 0 saturated heterocycles. The van der Waals surface area contributed by atoms with E-state index in [0.29, 0.717) is 5.41 Å². The van der Waals surface area contributed by atoms with Gasteiger partial charge in [-0.3, -0.25) is 0 Å². The van der Waals surface area contributed by atoms with Gasteiger partial charge < -0.3 is 0 Å². The molecule has 104 valence electrons. The molecule has 0 N–H and O–H groups in total. The monoisotopic (exact) mass is 264 g/mol. The highest BCUT2D eigenvalue weighted by Gasteiger charge is 2.50. The minimum atomic E-state index is 0.693. The van der Waals surface area contributed by atoms with Crippen LogP contribution in [0.2, 0.25) is 0 Å². The van der Waals surface area contributed by atoms with Crippen LogP contribution in [0.3, 0.4) is 0 Å². The standard InChI is InChI=1S/C20H24/c1-20-9-2-3-19(20)17-7-6-15-11-13-4-5-14(13)12-18(15)16(17)8-10-20/h4-5,11-12,16-17,19H,2-3,6-10H2,1H3/t16-,17+,19-,20-/m0/s1. The molecule has 20 heavy (non-hydrogen) atoms. The molecule has 1 aromatic carbocycles. The fourth-order valence-electron chi connectivity index (χ4n) is 6.02. The van der Waals surface area contributed by atoms with Crippen molar-refractivity contribution in [3.05, 3.63) is 34.4 Å². The predicted molar refractivity (Wildman–Crippen MR) is 84.6 cm³/mol. The molecule has 1 aromatic rings.